The number of hydrogen-bond donors (Lipinski definition) is 3. The van der Waals surface area contributed by atoms with E-state index in [4.69, 9.17) is 5.73 Å². The van der Waals surface area contributed by atoms with Crippen LogP contribution >= 0.6 is 0 Å². The summed E-state index contributed by atoms with van der Waals surface area (Å²) in [4.78, 5) is 12.3. The van der Waals surface area contributed by atoms with E-state index >= 15 is 0 Å². The van der Waals surface area contributed by atoms with E-state index in [2.05, 4.69) is 12.2 Å². The molecule has 1 fully saturated rings. The Bertz CT molecular complexity index is 507. The Kier molecular flexibility index (Phi) is 4.28. The molecule has 5 heteroatoms. The molecule has 1 saturated carbocycles. The van der Waals surface area contributed by atoms with Crippen molar-refractivity contribution in [2.45, 2.75) is 38.1 Å². The average molecular weight is 280 g/mol. The predicted octanol–water partition coefficient (Wildman–Crippen LogP) is 2.08. The molecule has 0 saturated heterocycles. The van der Waals surface area contributed by atoms with Crippen molar-refractivity contribution in [1.29, 1.82) is 0 Å². The highest BCUT2D eigenvalue weighted by Crippen LogP contribution is 2.32. The molecule has 0 aromatic heterocycles. The van der Waals surface area contributed by atoms with Crippen LogP contribution in [-0.4, -0.2) is 23.2 Å². The monoisotopic (exact) mass is 280 g/mol. The molecule has 4 nitrogen and oxygen atoms in total. The smallest absolute Gasteiger partial charge is 0.253 e. The van der Waals surface area contributed by atoms with Crippen molar-refractivity contribution in [3.63, 3.8) is 0 Å². The number of carbonyl (C=O) groups excluding carboxylic acids is 1. The Morgan fingerprint density at radius 1 is 1.60 bits per heavy atom. The molecule has 0 bridgehead atoms. The second kappa shape index (κ2) is 5.79. The zero-order chi connectivity index (χ0) is 14.8. The van der Waals surface area contributed by atoms with Gasteiger partial charge in [-0.2, -0.15) is 0 Å². The number of aliphatic hydroxyl groups is 1. The molecule has 1 aromatic rings. The fourth-order valence-corrected chi connectivity index (χ4v) is 2.99. The van der Waals surface area contributed by atoms with Gasteiger partial charge in [0.1, 0.15) is 5.82 Å². The normalized spacial score (nSPS) is 26.2. The largest absolute Gasteiger partial charge is 0.398 e. The number of carbonyl (C=O) groups is 1. The lowest BCUT2D eigenvalue weighted by molar-refractivity contribution is 0.0697. The lowest BCUT2D eigenvalue weighted by Gasteiger charge is -2.39. The third-order valence-corrected chi connectivity index (χ3v) is 4.03. The molecule has 0 heterocycles. The van der Waals surface area contributed by atoms with Gasteiger partial charge in [-0.1, -0.05) is 19.8 Å². The van der Waals surface area contributed by atoms with Crippen LogP contribution in [0.4, 0.5) is 10.1 Å². The molecular formula is C15H21FN2O2. The molecule has 1 aliphatic rings. The third-order valence-electron chi connectivity index (χ3n) is 4.03. The Labute approximate surface area is 118 Å². The maximum Gasteiger partial charge on any atom is 0.253 e. The van der Waals surface area contributed by atoms with Crippen molar-refractivity contribution in [1.82, 2.24) is 5.32 Å². The van der Waals surface area contributed by atoms with Gasteiger partial charge in [-0.15, -0.1) is 0 Å². The highest BCUT2D eigenvalue weighted by atomic mass is 19.1. The van der Waals surface area contributed by atoms with E-state index in [1.807, 2.05) is 0 Å². The van der Waals surface area contributed by atoms with Crippen LogP contribution in [0.5, 0.6) is 0 Å². The number of amides is 1. The van der Waals surface area contributed by atoms with Crippen LogP contribution in [0.25, 0.3) is 0 Å². The van der Waals surface area contributed by atoms with Gasteiger partial charge in [0.05, 0.1) is 17.7 Å². The van der Waals surface area contributed by atoms with E-state index in [0.29, 0.717) is 5.92 Å². The SMILES string of the molecule is CC1CCCC(CO)(NC(=O)c2cc(F)ccc2N)C1. The van der Waals surface area contributed by atoms with Crippen LogP contribution < -0.4 is 11.1 Å². The molecule has 1 aromatic carbocycles. The number of benzene rings is 1. The summed E-state index contributed by atoms with van der Waals surface area (Å²) in [5, 5.41) is 12.5. The summed E-state index contributed by atoms with van der Waals surface area (Å²) in [6.45, 7) is 1.99. The van der Waals surface area contributed by atoms with Crippen LogP contribution in [0.3, 0.4) is 0 Å². The van der Waals surface area contributed by atoms with Crippen LogP contribution in [-0.2, 0) is 0 Å². The van der Waals surface area contributed by atoms with Crippen molar-refractivity contribution in [2.75, 3.05) is 12.3 Å². The summed E-state index contributed by atoms with van der Waals surface area (Å²) >= 11 is 0. The molecule has 2 rings (SSSR count). The number of nitrogens with two attached hydrogens (primary N) is 1. The first-order valence-electron chi connectivity index (χ1n) is 6.94. The molecule has 1 amide bonds. The number of aliphatic hydroxyl groups excluding tert-OH is 1. The summed E-state index contributed by atoms with van der Waals surface area (Å²) in [5.74, 6) is -0.481. The molecular weight excluding hydrogens is 259 g/mol. The summed E-state index contributed by atoms with van der Waals surface area (Å²) in [6, 6.07) is 3.72. The summed E-state index contributed by atoms with van der Waals surface area (Å²) in [6.07, 6.45) is 3.51. The molecule has 2 atom stereocenters. The topological polar surface area (TPSA) is 75.3 Å². The van der Waals surface area contributed by atoms with Gasteiger partial charge in [-0.05, 0) is 37.0 Å². The molecule has 0 aliphatic heterocycles. The van der Waals surface area contributed by atoms with Gasteiger partial charge in [0.2, 0.25) is 0 Å². The zero-order valence-corrected chi connectivity index (χ0v) is 11.7. The van der Waals surface area contributed by atoms with E-state index in [1.54, 1.807) is 0 Å². The van der Waals surface area contributed by atoms with Crippen molar-refractivity contribution >= 4 is 11.6 Å². The summed E-state index contributed by atoms with van der Waals surface area (Å²) in [7, 11) is 0. The molecule has 0 radical (unpaired) electrons. The second-order valence-electron chi connectivity index (χ2n) is 5.83. The highest BCUT2D eigenvalue weighted by molar-refractivity contribution is 5.99. The molecule has 20 heavy (non-hydrogen) atoms. The number of nitrogens with one attached hydrogen (secondary N) is 1. The number of rotatable bonds is 3. The number of halogens is 1. The van der Waals surface area contributed by atoms with Crippen LogP contribution in [0.15, 0.2) is 18.2 Å². The Hall–Kier alpha value is -1.62. The van der Waals surface area contributed by atoms with Crippen molar-refractivity contribution in [3.8, 4) is 0 Å². The Morgan fingerprint density at radius 3 is 3.00 bits per heavy atom. The fraction of sp³-hybridized carbons (Fsp3) is 0.533. The van der Waals surface area contributed by atoms with Crippen molar-refractivity contribution in [2.24, 2.45) is 5.92 Å². The molecule has 2 unspecified atom stereocenters. The Morgan fingerprint density at radius 2 is 2.35 bits per heavy atom. The van der Waals surface area contributed by atoms with Gasteiger partial charge in [0.25, 0.3) is 5.91 Å². The van der Waals surface area contributed by atoms with E-state index in [9.17, 15) is 14.3 Å². The highest BCUT2D eigenvalue weighted by Gasteiger charge is 2.36. The predicted molar refractivity (Wildman–Crippen MR) is 75.7 cm³/mol. The lowest BCUT2D eigenvalue weighted by atomic mass is 9.76. The first kappa shape index (κ1) is 14.8. The van der Waals surface area contributed by atoms with Crippen LogP contribution in [0.1, 0.15) is 43.0 Å². The first-order chi connectivity index (χ1) is 9.46. The van der Waals surface area contributed by atoms with Gasteiger partial charge in [0, 0.05) is 5.69 Å². The minimum Gasteiger partial charge on any atom is -0.398 e. The Balaban J connectivity index is 2.19. The lowest BCUT2D eigenvalue weighted by Crippen LogP contribution is -2.54. The van der Waals surface area contributed by atoms with E-state index in [1.165, 1.54) is 12.1 Å². The molecule has 110 valence electrons. The summed E-state index contributed by atoms with van der Waals surface area (Å²) < 4.78 is 13.2. The van der Waals surface area contributed by atoms with Crippen LogP contribution in [0.2, 0.25) is 0 Å². The summed E-state index contributed by atoms with van der Waals surface area (Å²) in [5.41, 5.74) is 5.46. The molecule has 0 spiro atoms. The first-order valence-corrected chi connectivity index (χ1v) is 6.94. The second-order valence-corrected chi connectivity index (χ2v) is 5.83. The minimum absolute atomic E-state index is 0.113. The zero-order valence-electron chi connectivity index (χ0n) is 11.7. The van der Waals surface area contributed by atoms with E-state index in [-0.39, 0.29) is 17.9 Å². The van der Waals surface area contributed by atoms with Gasteiger partial charge < -0.3 is 16.2 Å². The van der Waals surface area contributed by atoms with Crippen LogP contribution in [0, 0.1) is 11.7 Å². The van der Waals surface area contributed by atoms with E-state index in [0.717, 1.165) is 31.7 Å². The van der Waals surface area contributed by atoms with E-state index < -0.39 is 17.3 Å². The fourth-order valence-electron chi connectivity index (χ4n) is 2.99. The maximum atomic E-state index is 13.2. The van der Waals surface area contributed by atoms with Gasteiger partial charge >= 0.3 is 0 Å². The minimum atomic E-state index is -0.618. The molecule has 1 aliphatic carbocycles. The number of hydrogen-bond acceptors (Lipinski definition) is 3. The van der Waals surface area contributed by atoms with Crippen molar-refractivity contribution in [3.05, 3.63) is 29.6 Å². The maximum absolute atomic E-state index is 13.2. The number of anilines is 1. The van der Waals surface area contributed by atoms with Gasteiger partial charge in [0.15, 0.2) is 0 Å². The van der Waals surface area contributed by atoms with Gasteiger partial charge in [-0.25, -0.2) is 4.39 Å². The average Bonchev–Trinajstić information content (AvgIpc) is 2.41. The molecule has 4 N–H and O–H groups in total. The third kappa shape index (κ3) is 3.10. The quantitative estimate of drug-likeness (QED) is 0.742. The van der Waals surface area contributed by atoms with Gasteiger partial charge in [-0.3, -0.25) is 4.79 Å². The standard InChI is InChI=1S/C15H21FN2O2/c1-10-3-2-6-15(8-10,9-19)18-14(20)12-7-11(16)4-5-13(12)17/h4-5,7,10,19H,2-3,6,8-9,17H2,1H3,(H,18,20). The number of nitrogen functional groups attached to an aromatic ring is 1. The van der Waals surface area contributed by atoms with Crippen molar-refractivity contribution < 1.29 is 14.3 Å².